The van der Waals surface area contributed by atoms with Crippen LogP contribution in [0.4, 0.5) is 4.79 Å². The maximum Gasteiger partial charge on any atom is 0.324 e. The molecule has 1 unspecified atom stereocenters. The van der Waals surface area contributed by atoms with Gasteiger partial charge in [-0.25, -0.2) is 4.79 Å². The Labute approximate surface area is 175 Å². The van der Waals surface area contributed by atoms with Gasteiger partial charge in [0.1, 0.15) is 12.4 Å². The van der Waals surface area contributed by atoms with Crippen LogP contribution in [0.3, 0.4) is 0 Å². The standard InChI is InChI=1S/C20H27N5O3S/c1-14(2)9-11-24-17(13-28-16-7-5-4-6-8-16)22-23-20(24)29-15(3)18(26)25-12-10-21-19(25)27/h4-8,14-15H,9-13H2,1-3H3,(H,21,27). The van der Waals surface area contributed by atoms with Crippen molar-refractivity contribution >= 4 is 23.7 Å². The third-order valence-electron chi connectivity index (χ3n) is 4.59. The number of benzene rings is 1. The van der Waals surface area contributed by atoms with Crippen molar-refractivity contribution in [2.75, 3.05) is 13.1 Å². The molecule has 0 spiro atoms. The number of para-hydroxylation sites is 1. The maximum atomic E-state index is 12.6. The van der Waals surface area contributed by atoms with Gasteiger partial charge in [-0.05, 0) is 31.4 Å². The minimum Gasteiger partial charge on any atom is -0.486 e. The van der Waals surface area contributed by atoms with Gasteiger partial charge in [-0.15, -0.1) is 10.2 Å². The van der Waals surface area contributed by atoms with Crippen molar-refractivity contribution in [1.29, 1.82) is 0 Å². The molecule has 1 fully saturated rings. The fraction of sp³-hybridized carbons (Fsp3) is 0.500. The Balaban J connectivity index is 1.71. The number of hydrogen-bond donors (Lipinski definition) is 1. The second-order valence-electron chi connectivity index (χ2n) is 7.32. The van der Waals surface area contributed by atoms with Gasteiger partial charge in [0.25, 0.3) is 0 Å². The molecule has 2 aromatic rings. The SMILES string of the molecule is CC(C)CCn1c(COc2ccccc2)nnc1SC(C)C(=O)N1CCNC1=O. The van der Waals surface area contributed by atoms with Crippen LogP contribution in [0.1, 0.15) is 33.0 Å². The zero-order chi connectivity index (χ0) is 20.8. The third kappa shape index (κ3) is 5.50. The Hall–Kier alpha value is -2.55. The first-order valence-corrected chi connectivity index (χ1v) is 10.7. The Morgan fingerprint density at radius 2 is 2.00 bits per heavy atom. The van der Waals surface area contributed by atoms with Crippen molar-refractivity contribution in [1.82, 2.24) is 25.0 Å². The van der Waals surface area contributed by atoms with Gasteiger partial charge in [0.2, 0.25) is 5.91 Å². The molecule has 29 heavy (non-hydrogen) atoms. The lowest BCUT2D eigenvalue weighted by molar-refractivity contribution is -0.126. The number of imide groups is 1. The topological polar surface area (TPSA) is 89.3 Å². The quantitative estimate of drug-likeness (QED) is 0.631. The number of nitrogens with one attached hydrogen (secondary N) is 1. The van der Waals surface area contributed by atoms with E-state index in [1.807, 2.05) is 34.9 Å². The number of carbonyl (C=O) groups excluding carboxylic acids is 2. The van der Waals surface area contributed by atoms with E-state index >= 15 is 0 Å². The molecule has 1 atom stereocenters. The number of ether oxygens (including phenoxy) is 1. The highest BCUT2D eigenvalue weighted by Gasteiger charge is 2.31. The first-order chi connectivity index (χ1) is 14.0. The minimum atomic E-state index is -0.441. The molecule has 3 amide bonds. The monoisotopic (exact) mass is 417 g/mol. The molecule has 8 nitrogen and oxygen atoms in total. The predicted molar refractivity (Wildman–Crippen MR) is 111 cm³/mol. The van der Waals surface area contributed by atoms with Crippen molar-refractivity contribution in [2.45, 2.75) is 50.8 Å². The first kappa shape index (κ1) is 21.2. The molecular formula is C20H27N5O3S. The van der Waals surface area contributed by atoms with Gasteiger partial charge in [0, 0.05) is 19.6 Å². The maximum absolute atomic E-state index is 12.6. The van der Waals surface area contributed by atoms with Crippen LogP contribution in [0.5, 0.6) is 5.75 Å². The van der Waals surface area contributed by atoms with Gasteiger partial charge in [-0.3, -0.25) is 9.69 Å². The van der Waals surface area contributed by atoms with E-state index in [-0.39, 0.29) is 11.9 Å². The van der Waals surface area contributed by atoms with E-state index in [0.29, 0.717) is 30.8 Å². The van der Waals surface area contributed by atoms with Crippen molar-refractivity contribution < 1.29 is 14.3 Å². The normalized spacial score (nSPS) is 14.9. The number of thioether (sulfide) groups is 1. The molecule has 3 rings (SSSR count). The van der Waals surface area contributed by atoms with E-state index < -0.39 is 5.25 Å². The molecule has 0 bridgehead atoms. The summed E-state index contributed by atoms with van der Waals surface area (Å²) in [6.45, 7) is 8.05. The fourth-order valence-electron chi connectivity index (χ4n) is 2.90. The highest BCUT2D eigenvalue weighted by molar-refractivity contribution is 8.00. The van der Waals surface area contributed by atoms with Crippen LogP contribution in [0.25, 0.3) is 0 Å². The summed E-state index contributed by atoms with van der Waals surface area (Å²) in [6, 6.07) is 9.23. The first-order valence-electron chi connectivity index (χ1n) is 9.81. The lowest BCUT2D eigenvalue weighted by Gasteiger charge is -2.18. The lowest BCUT2D eigenvalue weighted by Crippen LogP contribution is -2.39. The average Bonchev–Trinajstić information content (AvgIpc) is 3.30. The molecule has 156 valence electrons. The predicted octanol–water partition coefficient (Wildman–Crippen LogP) is 2.94. The summed E-state index contributed by atoms with van der Waals surface area (Å²) >= 11 is 1.32. The lowest BCUT2D eigenvalue weighted by atomic mass is 10.1. The van der Waals surface area contributed by atoms with Crippen LogP contribution in [-0.2, 0) is 17.9 Å². The molecule has 1 aliphatic rings. The number of urea groups is 1. The van der Waals surface area contributed by atoms with Gasteiger partial charge < -0.3 is 14.6 Å². The van der Waals surface area contributed by atoms with Gasteiger partial charge in [-0.1, -0.05) is 43.8 Å². The molecule has 0 aliphatic carbocycles. The molecule has 9 heteroatoms. The molecule has 0 radical (unpaired) electrons. The van der Waals surface area contributed by atoms with Crippen molar-refractivity contribution in [3.05, 3.63) is 36.2 Å². The van der Waals surface area contributed by atoms with E-state index in [4.69, 9.17) is 4.74 Å². The summed E-state index contributed by atoms with van der Waals surface area (Å²) in [5.74, 6) is 1.79. The van der Waals surface area contributed by atoms with Crippen LogP contribution in [0, 0.1) is 5.92 Å². The summed E-state index contributed by atoms with van der Waals surface area (Å²) in [4.78, 5) is 25.6. The minimum absolute atomic E-state index is 0.217. The number of aromatic nitrogens is 3. The van der Waals surface area contributed by atoms with E-state index in [1.165, 1.54) is 16.7 Å². The number of rotatable bonds is 9. The van der Waals surface area contributed by atoms with Crippen LogP contribution < -0.4 is 10.1 Å². The molecule has 1 aliphatic heterocycles. The Morgan fingerprint density at radius 3 is 2.66 bits per heavy atom. The number of amides is 3. The zero-order valence-corrected chi connectivity index (χ0v) is 17.8. The largest absolute Gasteiger partial charge is 0.486 e. The fourth-order valence-corrected chi connectivity index (χ4v) is 3.86. The zero-order valence-electron chi connectivity index (χ0n) is 17.0. The molecule has 2 heterocycles. The van der Waals surface area contributed by atoms with Crippen molar-refractivity contribution in [2.24, 2.45) is 5.92 Å². The highest BCUT2D eigenvalue weighted by atomic mass is 32.2. The van der Waals surface area contributed by atoms with E-state index in [2.05, 4.69) is 29.4 Å². The molecule has 1 aromatic heterocycles. The summed E-state index contributed by atoms with van der Waals surface area (Å²) in [5, 5.41) is 11.5. The van der Waals surface area contributed by atoms with E-state index in [0.717, 1.165) is 24.5 Å². The molecule has 0 saturated carbocycles. The highest BCUT2D eigenvalue weighted by Crippen LogP contribution is 2.25. The van der Waals surface area contributed by atoms with Crippen LogP contribution in [-0.4, -0.2) is 49.9 Å². The van der Waals surface area contributed by atoms with E-state index in [1.54, 1.807) is 6.92 Å². The van der Waals surface area contributed by atoms with Gasteiger partial charge in [0.15, 0.2) is 11.0 Å². The number of hydrogen-bond acceptors (Lipinski definition) is 6. The van der Waals surface area contributed by atoms with Crippen molar-refractivity contribution in [3.63, 3.8) is 0 Å². The summed E-state index contributed by atoms with van der Waals surface area (Å²) in [5.41, 5.74) is 0. The summed E-state index contributed by atoms with van der Waals surface area (Å²) in [7, 11) is 0. The van der Waals surface area contributed by atoms with Crippen molar-refractivity contribution in [3.8, 4) is 5.75 Å². The Morgan fingerprint density at radius 1 is 1.24 bits per heavy atom. The van der Waals surface area contributed by atoms with Gasteiger partial charge in [-0.2, -0.15) is 0 Å². The molecule has 1 saturated heterocycles. The molecular weight excluding hydrogens is 390 g/mol. The second-order valence-corrected chi connectivity index (χ2v) is 8.62. The van der Waals surface area contributed by atoms with Crippen LogP contribution >= 0.6 is 11.8 Å². The van der Waals surface area contributed by atoms with Crippen LogP contribution in [0.15, 0.2) is 35.5 Å². The summed E-state index contributed by atoms with van der Waals surface area (Å²) < 4.78 is 7.86. The smallest absolute Gasteiger partial charge is 0.324 e. The Kier molecular flexibility index (Phi) is 7.13. The van der Waals surface area contributed by atoms with E-state index in [9.17, 15) is 9.59 Å². The summed E-state index contributed by atoms with van der Waals surface area (Å²) in [6.07, 6.45) is 0.959. The average molecular weight is 418 g/mol. The van der Waals surface area contributed by atoms with Gasteiger partial charge >= 0.3 is 6.03 Å². The van der Waals surface area contributed by atoms with Gasteiger partial charge in [0.05, 0.1) is 5.25 Å². The molecule has 1 aromatic carbocycles. The Bertz CT molecular complexity index is 840. The number of nitrogens with zero attached hydrogens (tertiary/aromatic N) is 4. The second kappa shape index (κ2) is 9.78. The van der Waals surface area contributed by atoms with Crippen LogP contribution in [0.2, 0.25) is 0 Å². The third-order valence-corrected chi connectivity index (χ3v) is 5.66. The molecule has 1 N–H and O–H groups in total. The number of carbonyl (C=O) groups is 2.